The summed E-state index contributed by atoms with van der Waals surface area (Å²) in [7, 11) is 0. The maximum atomic E-state index is 11.9. The van der Waals surface area contributed by atoms with Gasteiger partial charge in [0.25, 0.3) is 5.91 Å². The van der Waals surface area contributed by atoms with Crippen molar-refractivity contribution in [1.82, 2.24) is 10.5 Å². The predicted molar refractivity (Wildman–Crippen MR) is 83.6 cm³/mol. The number of esters is 1. The monoisotopic (exact) mass is 327 g/mol. The number of carbonyl (C=O) groups is 2. The summed E-state index contributed by atoms with van der Waals surface area (Å²) >= 11 is 0. The molecule has 0 unspecified atom stereocenters. The highest BCUT2D eigenvalue weighted by Crippen LogP contribution is 2.39. The largest absolute Gasteiger partial charge is 0.455 e. The molecule has 0 radical (unpaired) electrons. The van der Waals surface area contributed by atoms with E-state index in [1.54, 1.807) is 19.1 Å². The Hall–Kier alpha value is -2.88. The molecule has 1 atom stereocenters. The molecule has 7 heteroatoms. The Balaban J connectivity index is 1.52. The maximum Gasteiger partial charge on any atom is 0.312 e. The van der Waals surface area contributed by atoms with Crippen LogP contribution in [0, 0.1) is 17.2 Å². The van der Waals surface area contributed by atoms with E-state index in [0.717, 1.165) is 18.2 Å². The minimum atomic E-state index is -0.897. The molecule has 1 aromatic carbocycles. The number of ether oxygens (including phenoxy) is 1. The smallest absolute Gasteiger partial charge is 0.312 e. The van der Waals surface area contributed by atoms with Crippen LogP contribution in [-0.4, -0.2) is 29.2 Å². The van der Waals surface area contributed by atoms with Crippen molar-refractivity contribution >= 4 is 22.8 Å². The van der Waals surface area contributed by atoms with Crippen molar-refractivity contribution in [3.8, 4) is 6.07 Å². The van der Waals surface area contributed by atoms with E-state index in [9.17, 15) is 14.9 Å². The number of fused-ring (bicyclic) bond motifs is 1. The average molecular weight is 327 g/mol. The van der Waals surface area contributed by atoms with Gasteiger partial charge in [0.1, 0.15) is 11.2 Å². The first-order valence-electron chi connectivity index (χ1n) is 7.73. The highest BCUT2D eigenvalue weighted by atomic mass is 16.5. The van der Waals surface area contributed by atoms with Gasteiger partial charge in [0.15, 0.2) is 12.2 Å². The van der Waals surface area contributed by atoms with Crippen LogP contribution in [0.15, 0.2) is 28.8 Å². The summed E-state index contributed by atoms with van der Waals surface area (Å²) in [5.41, 5.74) is 0.161. The number of nitrogens with one attached hydrogen (secondary N) is 1. The molecule has 1 aliphatic carbocycles. The van der Waals surface area contributed by atoms with Gasteiger partial charge >= 0.3 is 5.97 Å². The van der Waals surface area contributed by atoms with Gasteiger partial charge in [-0.3, -0.25) is 9.59 Å². The quantitative estimate of drug-likeness (QED) is 0.810. The molecule has 7 nitrogen and oxygen atoms in total. The fraction of sp³-hybridized carbons (Fsp3) is 0.412. The van der Waals surface area contributed by atoms with Crippen molar-refractivity contribution in [3.05, 3.63) is 30.0 Å². The molecule has 1 amide bonds. The van der Waals surface area contributed by atoms with Crippen molar-refractivity contribution in [2.75, 3.05) is 6.61 Å². The normalized spacial score (nSPS) is 16.2. The topological polar surface area (TPSA) is 105 Å². The molecule has 2 aromatic rings. The number of nitriles is 1. The lowest BCUT2D eigenvalue weighted by Gasteiger charge is -2.22. The third-order valence-electron chi connectivity index (χ3n) is 4.15. The lowest BCUT2D eigenvalue weighted by atomic mass is 9.98. The first-order chi connectivity index (χ1) is 11.5. The molecule has 1 N–H and O–H groups in total. The van der Waals surface area contributed by atoms with Crippen LogP contribution in [0.2, 0.25) is 0 Å². The minimum absolute atomic E-state index is 0.0809. The van der Waals surface area contributed by atoms with Crippen molar-refractivity contribution < 1.29 is 18.8 Å². The fourth-order valence-electron chi connectivity index (χ4n) is 2.61. The maximum absolute atomic E-state index is 11.9. The number of amides is 1. The van der Waals surface area contributed by atoms with Gasteiger partial charge in [-0.25, -0.2) is 0 Å². The van der Waals surface area contributed by atoms with Crippen LogP contribution in [0.1, 0.15) is 25.5 Å². The summed E-state index contributed by atoms with van der Waals surface area (Å²) in [6, 6.07) is 9.31. The molecule has 1 saturated carbocycles. The lowest BCUT2D eigenvalue weighted by molar-refractivity contribution is -0.148. The summed E-state index contributed by atoms with van der Waals surface area (Å²) in [6.07, 6.45) is 1.76. The third-order valence-corrected chi connectivity index (χ3v) is 4.15. The number of para-hydroxylation sites is 1. The Labute approximate surface area is 138 Å². The summed E-state index contributed by atoms with van der Waals surface area (Å²) in [4.78, 5) is 23.8. The Morgan fingerprint density at radius 1 is 1.46 bits per heavy atom. The molecule has 1 fully saturated rings. The second kappa shape index (κ2) is 6.32. The van der Waals surface area contributed by atoms with Crippen LogP contribution in [0.25, 0.3) is 11.0 Å². The Bertz CT molecular complexity index is 819. The number of rotatable bonds is 6. The fourth-order valence-corrected chi connectivity index (χ4v) is 2.61. The number of carbonyl (C=O) groups excluding carboxylic acids is 2. The van der Waals surface area contributed by atoms with Crippen LogP contribution >= 0.6 is 0 Å². The standard InChI is InChI=1S/C17H17N3O4/c1-17(10-18,11-6-7-11)19-15(21)9-23-16(22)8-13-12-4-2-3-5-14(12)24-20-13/h2-5,11H,6-9H2,1H3,(H,19,21)/t17-/m0/s1. The number of nitrogens with zero attached hydrogens (tertiary/aromatic N) is 2. The number of hydrogen-bond acceptors (Lipinski definition) is 6. The zero-order chi connectivity index (χ0) is 17.2. The molecule has 1 aromatic heterocycles. The first-order valence-corrected chi connectivity index (χ1v) is 7.73. The molecule has 0 saturated heterocycles. The molecular formula is C17H17N3O4. The van der Waals surface area contributed by atoms with E-state index in [1.807, 2.05) is 12.1 Å². The van der Waals surface area contributed by atoms with E-state index in [-0.39, 0.29) is 12.3 Å². The molecule has 0 aliphatic heterocycles. The molecule has 1 heterocycles. The number of aromatic nitrogens is 1. The molecule has 24 heavy (non-hydrogen) atoms. The molecular weight excluding hydrogens is 310 g/mol. The lowest BCUT2D eigenvalue weighted by Crippen LogP contribution is -2.48. The van der Waals surface area contributed by atoms with E-state index in [4.69, 9.17) is 9.26 Å². The summed E-state index contributed by atoms with van der Waals surface area (Å²) in [5.74, 6) is -0.887. The zero-order valence-corrected chi connectivity index (χ0v) is 13.2. The number of benzene rings is 1. The second-order valence-corrected chi connectivity index (χ2v) is 6.10. The van der Waals surface area contributed by atoms with Crippen LogP contribution in [0.5, 0.6) is 0 Å². The van der Waals surface area contributed by atoms with Crippen LogP contribution in [0.4, 0.5) is 0 Å². The Kier molecular flexibility index (Phi) is 4.21. The van der Waals surface area contributed by atoms with Gasteiger partial charge in [0.05, 0.1) is 12.5 Å². The molecule has 0 bridgehead atoms. The van der Waals surface area contributed by atoms with Crippen molar-refractivity contribution in [1.29, 1.82) is 5.26 Å². The summed E-state index contributed by atoms with van der Waals surface area (Å²) < 4.78 is 10.1. The Morgan fingerprint density at radius 3 is 2.92 bits per heavy atom. The second-order valence-electron chi connectivity index (χ2n) is 6.10. The predicted octanol–water partition coefficient (Wildman–Crippen LogP) is 1.72. The van der Waals surface area contributed by atoms with Crippen LogP contribution < -0.4 is 5.32 Å². The zero-order valence-electron chi connectivity index (χ0n) is 13.2. The van der Waals surface area contributed by atoms with Gasteiger partial charge in [0.2, 0.25) is 0 Å². The highest BCUT2D eigenvalue weighted by Gasteiger charge is 2.43. The van der Waals surface area contributed by atoms with E-state index in [2.05, 4.69) is 16.5 Å². The van der Waals surface area contributed by atoms with Gasteiger partial charge in [-0.2, -0.15) is 5.26 Å². The molecule has 3 rings (SSSR count). The van der Waals surface area contributed by atoms with Gasteiger partial charge in [-0.05, 0) is 37.8 Å². The van der Waals surface area contributed by atoms with Gasteiger partial charge in [-0.15, -0.1) is 0 Å². The SMILES string of the molecule is C[C@@](C#N)(NC(=O)COC(=O)Cc1noc2ccccc12)C1CC1. The van der Waals surface area contributed by atoms with Gasteiger partial charge < -0.3 is 14.6 Å². The van der Waals surface area contributed by atoms with E-state index < -0.39 is 24.0 Å². The van der Waals surface area contributed by atoms with Gasteiger partial charge in [-0.1, -0.05) is 17.3 Å². The van der Waals surface area contributed by atoms with E-state index in [1.165, 1.54) is 0 Å². The molecule has 1 aliphatic rings. The van der Waals surface area contributed by atoms with Crippen molar-refractivity contribution in [2.24, 2.45) is 5.92 Å². The van der Waals surface area contributed by atoms with Gasteiger partial charge in [0, 0.05) is 5.39 Å². The first kappa shape index (κ1) is 16.0. The van der Waals surface area contributed by atoms with Crippen molar-refractivity contribution in [3.63, 3.8) is 0 Å². The summed E-state index contributed by atoms with van der Waals surface area (Å²) in [5, 5.41) is 16.4. The van der Waals surface area contributed by atoms with Crippen LogP contribution in [-0.2, 0) is 20.7 Å². The average Bonchev–Trinajstić information content (AvgIpc) is 3.37. The van der Waals surface area contributed by atoms with Crippen molar-refractivity contribution in [2.45, 2.75) is 31.7 Å². The number of hydrogen-bond donors (Lipinski definition) is 1. The molecule has 0 spiro atoms. The summed E-state index contributed by atoms with van der Waals surface area (Å²) in [6.45, 7) is 1.27. The molecule has 124 valence electrons. The third kappa shape index (κ3) is 3.38. The minimum Gasteiger partial charge on any atom is -0.455 e. The van der Waals surface area contributed by atoms with E-state index >= 15 is 0 Å². The Morgan fingerprint density at radius 2 is 2.21 bits per heavy atom. The van der Waals surface area contributed by atoms with Crippen LogP contribution in [0.3, 0.4) is 0 Å². The van der Waals surface area contributed by atoms with E-state index in [0.29, 0.717) is 11.3 Å². The highest BCUT2D eigenvalue weighted by molar-refractivity contribution is 5.85.